The minimum atomic E-state index is -1.02. The van der Waals surface area contributed by atoms with E-state index in [1.165, 1.54) is 29.2 Å². The van der Waals surface area contributed by atoms with Gasteiger partial charge in [0.15, 0.2) is 6.61 Å². The minimum Gasteiger partial charge on any atom is -0.484 e. The molecule has 1 aromatic rings. The molecule has 0 spiro atoms. The van der Waals surface area contributed by atoms with Gasteiger partial charge in [0.2, 0.25) is 0 Å². The Kier molecular flexibility index (Phi) is 4.36. The highest BCUT2D eigenvalue weighted by Crippen LogP contribution is 2.19. The molecule has 1 saturated heterocycles. The molecule has 0 bridgehead atoms. The van der Waals surface area contributed by atoms with E-state index in [1.54, 1.807) is 0 Å². The largest absolute Gasteiger partial charge is 0.484 e. The van der Waals surface area contributed by atoms with Crippen molar-refractivity contribution in [3.8, 4) is 5.75 Å². The summed E-state index contributed by atoms with van der Waals surface area (Å²) < 4.78 is 5.24. The number of benzene rings is 1. The summed E-state index contributed by atoms with van der Waals surface area (Å²) in [4.78, 5) is 34.2. The summed E-state index contributed by atoms with van der Waals surface area (Å²) in [5.74, 6) is -1.10. The number of rotatable bonds is 5. The molecule has 0 radical (unpaired) electrons. The number of non-ortho nitro benzene ring substituents is 1. The molecular weight excluding hydrogens is 280 g/mol. The van der Waals surface area contributed by atoms with Gasteiger partial charge in [-0.2, -0.15) is 0 Å². The van der Waals surface area contributed by atoms with E-state index in [4.69, 9.17) is 9.84 Å². The van der Waals surface area contributed by atoms with Crippen LogP contribution in [0.2, 0.25) is 0 Å². The van der Waals surface area contributed by atoms with Crippen LogP contribution in [0.1, 0.15) is 12.8 Å². The van der Waals surface area contributed by atoms with Crippen molar-refractivity contribution in [2.45, 2.75) is 18.9 Å². The maximum absolute atomic E-state index is 11.9. The highest BCUT2D eigenvalue weighted by Gasteiger charge is 2.33. The van der Waals surface area contributed by atoms with Crippen LogP contribution in [0.4, 0.5) is 5.69 Å². The molecule has 0 aromatic heterocycles. The number of likely N-dealkylation sites (tertiary alicyclic amines) is 1. The fourth-order valence-electron chi connectivity index (χ4n) is 2.21. The van der Waals surface area contributed by atoms with Crippen LogP contribution in [0, 0.1) is 10.1 Å². The number of hydrogen-bond donors (Lipinski definition) is 1. The third-order valence-electron chi connectivity index (χ3n) is 3.27. The van der Waals surface area contributed by atoms with Gasteiger partial charge in [-0.1, -0.05) is 0 Å². The molecule has 1 aliphatic heterocycles. The Bertz CT molecular complexity index is 556. The van der Waals surface area contributed by atoms with Gasteiger partial charge in [-0.15, -0.1) is 0 Å². The smallest absolute Gasteiger partial charge is 0.326 e. The predicted octanol–water partition coefficient (Wildman–Crippen LogP) is 1.05. The van der Waals surface area contributed by atoms with Gasteiger partial charge >= 0.3 is 5.97 Å². The van der Waals surface area contributed by atoms with Crippen molar-refractivity contribution in [2.75, 3.05) is 13.2 Å². The third-order valence-corrected chi connectivity index (χ3v) is 3.27. The fraction of sp³-hybridized carbons (Fsp3) is 0.385. The van der Waals surface area contributed by atoms with Crippen LogP contribution >= 0.6 is 0 Å². The van der Waals surface area contributed by atoms with E-state index in [1.807, 2.05) is 0 Å². The number of carboxylic acid groups (broad SMARTS) is 1. The van der Waals surface area contributed by atoms with Gasteiger partial charge in [0.05, 0.1) is 4.92 Å². The Morgan fingerprint density at radius 1 is 1.38 bits per heavy atom. The first-order chi connectivity index (χ1) is 9.99. The Labute approximate surface area is 120 Å². The van der Waals surface area contributed by atoms with Crippen LogP contribution in [-0.4, -0.2) is 46.0 Å². The molecule has 1 N–H and O–H groups in total. The second kappa shape index (κ2) is 6.21. The van der Waals surface area contributed by atoms with Crippen LogP contribution < -0.4 is 4.74 Å². The van der Waals surface area contributed by atoms with E-state index < -0.39 is 22.8 Å². The van der Waals surface area contributed by atoms with Crippen LogP contribution in [-0.2, 0) is 9.59 Å². The average Bonchev–Trinajstić information content (AvgIpc) is 2.95. The predicted molar refractivity (Wildman–Crippen MR) is 71.0 cm³/mol. The lowest BCUT2D eigenvalue weighted by molar-refractivity contribution is -0.384. The second-order valence-electron chi connectivity index (χ2n) is 4.62. The SMILES string of the molecule is O=C(O)[C@@H]1CCCN1C(=O)COc1ccc([N+](=O)[O-])cc1. The fourth-order valence-corrected chi connectivity index (χ4v) is 2.21. The summed E-state index contributed by atoms with van der Waals surface area (Å²) in [6.07, 6.45) is 1.10. The normalized spacial score (nSPS) is 17.5. The highest BCUT2D eigenvalue weighted by atomic mass is 16.6. The molecule has 1 aromatic carbocycles. The zero-order valence-corrected chi connectivity index (χ0v) is 11.1. The molecule has 112 valence electrons. The van der Waals surface area contributed by atoms with Gasteiger partial charge in [-0.3, -0.25) is 14.9 Å². The Hall–Kier alpha value is -2.64. The van der Waals surface area contributed by atoms with E-state index in [9.17, 15) is 19.7 Å². The summed E-state index contributed by atoms with van der Waals surface area (Å²) in [6, 6.07) is 4.54. The van der Waals surface area contributed by atoms with Gasteiger partial charge in [0.25, 0.3) is 11.6 Å². The maximum atomic E-state index is 11.9. The molecule has 1 amide bonds. The molecular formula is C13H14N2O6. The summed E-state index contributed by atoms with van der Waals surface area (Å²) in [5, 5.41) is 19.5. The van der Waals surface area contributed by atoms with E-state index in [2.05, 4.69) is 0 Å². The second-order valence-corrected chi connectivity index (χ2v) is 4.62. The van der Waals surface area contributed by atoms with Crippen molar-refractivity contribution in [3.63, 3.8) is 0 Å². The van der Waals surface area contributed by atoms with Crippen molar-refractivity contribution < 1.29 is 24.4 Å². The molecule has 1 fully saturated rings. The van der Waals surface area contributed by atoms with Crippen molar-refractivity contribution in [1.82, 2.24) is 4.90 Å². The van der Waals surface area contributed by atoms with Crippen LogP contribution in [0.15, 0.2) is 24.3 Å². The number of amides is 1. The van der Waals surface area contributed by atoms with Gasteiger partial charge in [-0.05, 0) is 25.0 Å². The van der Waals surface area contributed by atoms with Crippen LogP contribution in [0.3, 0.4) is 0 Å². The maximum Gasteiger partial charge on any atom is 0.326 e. The van der Waals surface area contributed by atoms with Gasteiger partial charge in [-0.25, -0.2) is 4.79 Å². The number of aliphatic carboxylic acids is 1. The summed E-state index contributed by atoms with van der Waals surface area (Å²) in [6.45, 7) is 0.112. The Morgan fingerprint density at radius 2 is 2.05 bits per heavy atom. The molecule has 0 saturated carbocycles. The zero-order valence-electron chi connectivity index (χ0n) is 11.1. The molecule has 0 aliphatic carbocycles. The highest BCUT2D eigenvalue weighted by molar-refractivity contribution is 5.85. The van der Waals surface area contributed by atoms with E-state index in [0.29, 0.717) is 25.1 Å². The van der Waals surface area contributed by atoms with Crippen molar-refractivity contribution >= 4 is 17.6 Å². The van der Waals surface area contributed by atoms with Gasteiger partial charge in [0.1, 0.15) is 11.8 Å². The Balaban J connectivity index is 1.91. The Morgan fingerprint density at radius 3 is 2.62 bits per heavy atom. The van der Waals surface area contributed by atoms with E-state index in [0.717, 1.165) is 0 Å². The van der Waals surface area contributed by atoms with Crippen LogP contribution in [0.5, 0.6) is 5.75 Å². The number of carbonyl (C=O) groups excluding carboxylic acids is 1. The first kappa shape index (κ1) is 14.8. The lowest BCUT2D eigenvalue weighted by atomic mass is 10.2. The quantitative estimate of drug-likeness (QED) is 0.642. The first-order valence-electron chi connectivity index (χ1n) is 6.38. The monoisotopic (exact) mass is 294 g/mol. The number of nitrogens with zero attached hydrogens (tertiary/aromatic N) is 2. The third kappa shape index (κ3) is 3.47. The molecule has 21 heavy (non-hydrogen) atoms. The molecule has 1 atom stereocenters. The van der Waals surface area contributed by atoms with Gasteiger partial charge < -0.3 is 14.7 Å². The van der Waals surface area contributed by atoms with Crippen molar-refractivity contribution in [3.05, 3.63) is 34.4 Å². The lowest BCUT2D eigenvalue weighted by Crippen LogP contribution is -2.42. The van der Waals surface area contributed by atoms with E-state index in [-0.39, 0.29) is 12.3 Å². The van der Waals surface area contributed by atoms with E-state index >= 15 is 0 Å². The molecule has 2 rings (SSSR count). The number of nitro groups is 1. The summed E-state index contributed by atoms with van der Waals surface area (Å²) >= 11 is 0. The molecule has 8 nitrogen and oxygen atoms in total. The minimum absolute atomic E-state index is 0.0702. The van der Waals surface area contributed by atoms with Crippen molar-refractivity contribution in [2.24, 2.45) is 0 Å². The number of carboxylic acids is 1. The number of carbonyl (C=O) groups is 2. The zero-order chi connectivity index (χ0) is 15.4. The topological polar surface area (TPSA) is 110 Å². The molecule has 8 heteroatoms. The molecule has 1 aliphatic rings. The van der Waals surface area contributed by atoms with Crippen molar-refractivity contribution in [1.29, 1.82) is 0 Å². The van der Waals surface area contributed by atoms with Gasteiger partial charge in [0, 0.05) is 18.7 Å². The number of ether oxygens (including phenoxy) is 1. The number of hydrogen-bond acceptors (Lipinski definition) is 5. The molecule has 0 unspecified atom stereocenters. The number of nitro benzene ring substituents is 1. The first-order valence-corrected chi connectivity index (χ1v) is 6.38. The summed E-state index contributed by atoms with van der Waals surface area (Å²) in [5.41, 5.74) is -0.0702. The van der Waals surface area contributed by atoms with Crippen LogP contribution in [0.25, 0.3) is 0 Å². The average molecular weight is 294 g/mol. The molecule has 1 heterocycles. The lowest BCUT2D eigenvalue weighted by Gasteiger charge is -2.21. The standard InChI is InChI=1S/C13H14N2O6/c16-12(14-7-1-2-11(14)13(17)18)8-21-10-5-3-9(4-6-10)15(19)20/h3-6,11H,1-2,7-8H2,(H,17,18)/t11-/m0/s1. The summed E-state index contributed by atoms with van der Waals surface area (Å²) in [7, 11) is 0.